The van der Waals surface area contributed by atoms with Gasteiger partial charge in [0, 0.05) is 19.2 Å². The first-order valence-corrected chi connectivity index (χ1v) is 4.64. The summed E-state index contributed by atoms with van der Waals surface area (Å²) < 4.78 is 36.5. The molecule has 0 aliphatic rings. The standard InChI is InChI=1S/C9H8F3N3O2/c10-9(11,12)2-1-3-15-5-6(4-13)7(16)14-8(15)17/h5H,1-3H2,(H,14,16,17). The van der Waals surface area contributed by atoms with Crippen molar-refractivity contribution in [3.63, 3.8) is 0 Å². The van der Waals surface area contributed by atoms with Crippen LogP contribution in [0.5, 0.6) is 0 Å². The average molecular weight is 247 g/mol. The normalized spacial score (nSPS) is 11.2. The van der Waals surface area contributed by atoms with Gasteiger partial charge in [-0.3, -0.25) is 14.3 Å². The summed E-state index contributed by atoms with van der Waals surface area (Å²) in [5, 5.41) is 8.52. The number of rotatable bonds is 3. The van der Waals surface area contributed by atoms with Crippen molar-refractivity contribution in [1.29, 1.82) is 5.26 Å². The maximum atomic E-state index is 11.9. The second-order valence-electron chi connectivity index (χ2n) is 3.33. The number of nitrogens with zero attached hydrogens (tertiary/aromatic N) is 2. The minimum absolute atomic E-state index is 0.205. The SMILES string of the molecule is N#Cc1cn(CCCC(F)(F)F)c(=O)[nH]c1=O. The molecule has 8 heteroatoms. The molecular formula is C9H8F3N3O2. The lowest BCUT2D eigenvalue weighted by molar-refractivity contribution is -0.135. The van der Waals surface area contributed by atoms with E-state index in [1.807, 2.05) is 4.98 Å². The van der Waals surface area contributed by atoms with Gasteiger partial charge in [0.05, 0.1) is 0 Å². The summed E-state index contributed by atoms with van der Waals surface area (Å²) in [5.41, 5.74) is -1.97. The first-order chi connectivity index (χ1) is 7.83. The lowest BCUT2D eigenvalue weighted by atomic mass is 10.3. The molecule has 0 saturated carbocycles. The topological polar surface area (TPSA) is 78.7 Å². The minimum Gasteiger partial charge on any atom is -0.299 e. The fourth-order valence-corrected chi connectivity index (χ4v) is 1.20. The zero-order valence-corrected chi connectivity index (χ0v) is 8.54. The zero-order valence-electron chi connectivity index (χ0n) is 8.54. The fraction of sp³-hybridized carbons (Fsp3) is 0.444. The van der Waals surface area contributed by atoms with Crippen molar-refractivity contribution in [3.05, 3.63) is 32.6 Å². The largest absolute Gasteiger partial charge is 0.389 e. The average Bonchev–Trinajstić information content (AvgIpc) is 2.19. The lowest BCUT2D eigenvalue weighted by Gasteiger charge is -2.07. The highest BCUT2D eigenvalue weighted by molar-refractivity contribution is 5.21. The molecule has 0 unspecified atom stereocenters. The number of alkyl halides is 3. The third-order valence-corrected chi connectivity index (χ3v) is 1.99. The van der Waals surface area contributed by atoms with E-state index in [-0.39, 0.29) is 18.5 Å². The molecule has 0 saturated heterocycles. The van der Waals surface area contributed by atoms with E-state index in [2.05, 4.69) is 0 Å². The maximum absolute atomic E-state index is 11.9. The van der Waals surface area contributed by atoms with E-state index in [0.29, 0.717) is 0 Å². The first-order valence-electron chi connectivity index (χ1n) is 4.64. The highest BCUT2D eigenvalue weighted by Gasteiger charge is 2.26. The Morgan fingerprint density at radius 2 is 2.06 bits per heavy atom. The van der Waals surface area contributed by atoms with Crippen LogP contribution in [-0.4, -0.2) is 15.7 Å². The summed E-state index contributed by atoms with van der Waals surface area (Å²) in [6.07, 6.45) is -4.65. The van der Waals surface area contributed by atoms with Gasteiger partial charge in [-0.1, -0.05) is 0 Å². The van der Waals surface area contributed by atoms with Crippen molar-refractivity contribution in [1.82, 2.24) is 9.55 Å². The van der Waals surface area contributed by atoms with Crippen LogP contribution in [0.15, 0.2) is 15.8 Å². The fourth-order valence-electron chi connectivity index (χ4n) is 1.20. The van der Waals surface area contributed by atoms with E-state index >= 15 is 0 Å². The minimum atomic E-state index is -4.29. The Morgan fingerprint density at radius 3 is 2.59 bits per heavy atom. The highest BCUT2D eigenvalue weighted by Crippen LogP contribution is 2.21. The molecule has 1 N–H and O–H groups in total. The van der Waals surface area contributed by atoms with Gasteiger partial charge in [-0.25, -0.2) is 4.79 Å². The predicted molar refractivity (Wildman–Crippen MR) is 51.3 cm³/mol. The van der Waals surface area contributed by atoms with Gasteiger partial charge in [0.1, 0.15) is 11.6 Å². The molecule has 1 aromatic rings. The summed E-state index contributed by atoms with van der Waals surface area (Å²) in [5.74, 6) is 0. The van der Waals surface area contributed by atoms with Crippen LogP contribution in [0.1, 0.15) is 18.4 Å². The summed E-state index contributed by atoms with van der Waals surface area (Å²) in [7, 11) is 0. The lowest BCUT2D eigenvalue weighted by Crippen LogP contribution is -2.31. The molecule has 0 spiro atoms. The number of hydrogen-bond donors (Lipinski definition) is 1. The molecule has 0 atom stereocenters. The quantitative estimate of drug-likeness (QED) is 0.856. The van der Waals surface area contributed by atoms with Crippen LogP contribution in [-0.2, 0) is 6.54 Å². The van der Waals surface area contributed by atoms with Gasteiger partial charge in [-0.15, -0.1) is 0 Å². The summed E-state index contributed by atoms with van der Waals surface area (Å²) in [4.78, 5) is 24.0. The maximum Gasteiger partial charge on any atom is 0.389 e. The van der Waals surface area contributed by atoms with Crippen LogP contribution in [0.4, 0.5) is 13.2 Å². The molecule has 1 rings (SSSR count). The molecule has 92 valence electrons. The van der Waals surface area contributed by atoms with Crippen molar-refractivity contribution < 1.29 is 13.2 Å². The number of nitrogens with one attached hydrogen (secondary N) is 1. The van der Waals surface area contributed by atoms with Crippen molar-refractivity contribution in [2.45, 2.75) is 25.6 Å². The Hall–Kier alpha value is -2.04. The Kier molecular flexibility index (Phi) is 3.73. The van der Waals surface area contributed by atoms with Crippen LogP contribution in [0, 0.1) is 11.3 Å². The third kappa shape index (κ3) is 3.79. The molecule has 0 aliphatic heterocycles. The van der Waals surface area contributed by atoms with E-state index in [1.165, 1.54) is 0 Å². The smallest absolute Gasteiger partial charge is 0.299 e. The van der Waals surface area contributed by atoms with Gasteiger partial charge in [-0.05, 0) is 6.42 Å². The second-order valence-corrected chi connectivity index (χ2v) is 3.33. The molecule has 0 radical (unpaired) electrons. The van der Waals surface area contributed by atoms with E-state index in [9.17, 15) is 22.8 Å². The second kappa shape index (κ2) is 4.86. The van der Waals surface area contributed by atoms with Crippen molar-refractivity contribution in [2.24, 2.45) is 0 Å². The zero-order chi connectivity index (χ0) is 13.1. The van der Waals surface area contributed by atoms with Crippen LogP contribution >= 0.6 is 0 Å². The molecule has 0 fully saturated rings. The Balaban J connectivity index is 2.83. The predicted octanol–water partition coefficient (Wildman–Crippen LogP) is 0.751. The van der Waals surface area contributed by atoms with Crippen molar-refractivity contribution >= 4 is 0 Å². The number of H-pyrrole nitrogens is 1. The number of aromatic nitrogens is 2. The molecule has 0 aromatic carbocycles. The number of aromatic amines is 1. The Bertz CT molecular complexity index is 550. The molecule has 17 heavy (non-hydrogen) atoms. The summed E-state index contributed by atoms with van der Waals surface area (Å²) >= 11 is 0. The van der Waals surface area contributed by atoms with Crippen LogP contribution in [0.2, 0.25) is 0 Å². The van der Waals surface area contributed by atoms with E-state index < -0.39 is 23.8 Å². The van der Waals surface area contributed by atoms with E-state index in [0.717, 1.165) is 10.8 Å². The molecule has 0 bridgehead atoms. The van der Waals surface area contributed by atoms with Crippen LogP contribution in [0.3, 0.4) is 0 Å². The summed E-state index contributed by atoms with van der Waals surface area (Å²) in [6, 6.07) is 1.54. The summed E-state index contributed by atoms with van der Waals surface area (Å²) in [6.45, 7) is -0.205. The Labute approximate surface area is 93.1 Å². The molecule has 1 heterocycles. The number of halogens is 3. The number of hydrogen-bond acceptors (Lipinski definition) is 3. The molecule has 1 aromatic heterocycles. The van der Waals surface area contributed by atoms with Crippen LogP contribution < -0.4 is 11.2 Å². The molecule has 0 amide bonds. The van der Waals surface area contributed by atoms with Gasteiger partial charge >= 0.3 is 11.9 Å². The highest BCUT2D eigenvalue weighted by atomic mass is 19.4. The molecule has 0 aliphatic carbocycles. The van der Waals surface area contributed by atoms with Gasteiger partial charge in [0.15, 0.2) is 0 Å². The Morgan fingerprint density at radius 1 is 1.41 bits per heavy atom. The van der Waals surface area contributed by atoms with Gasteiger partial charge in [0.25, 0.3) is 5.56 Å². The van der Waals surface area contributed by atoms with Crippen molar-refractivity contribution in [2.75, 3.05) is 0 Å². The van der Waals surface area contributed by atoms with E-state index in [4.69, 9.17) is 5.26 Å². The third-order valence-electron chi connectivity index (χ3n) is 1.99. The first kappa shape index (κ1) is 13.0. The van der Waals surface area contributed by atoms with Crippen LogP contribution in [0.25, 0.3) is 0 Å². The van der Waals surface area contributed by atoms with Gasteiger partial charge in [-0.2, -0.15) is 18.4 Å². The molecule has 5 nitrogen and oxygen atoms in total. The number of aryl methyl sites for hydroxylation is 1. The molecular weight excluding hydrogens is 239 g/mol. The monoisotopic (exact) mass is 247 g/mol. The van der Waals surface area contributed by atoms with Crippen molar-refractivity contribution in [3.8, 4) is 6.07 Å². The van der Waals surface area contributed by atoms with E-state index in [1.54, 1.807) is 6.07 Å². The van der Waals surface area contributed by atoms with Gasteiger partial charge in [0.2, 0.25) is 0 Å². The number of nitriles is 1. The van der Waals surface area contributed by atoms with Gasteiger partial charge < -0.3 is 0 Å².